The summed E-state index contributed by atoms with van der Waals surface area (Å²) in [4.78, 5) is 0. The molecule has 1 aliphatic heterocycles. The molecule has 2 heteroatoms. The van der Waals surface area contributed by atoms with Crippen molar-refractivity contribution in [1.29, 1.82) is 0 Å². The molecule has 0 spiro atoms. The standard InChI is InChI=1S/C9H12OS/c1-2-9(5-7-11-9)8-4-3-6-10-8/h3-4,6H,2,5,7H2,1H3. The smallest absolute Gasteiger partial charge is 0.119 e. The van der Waals surface area contributed by atoms with Crippen LogP contribution in [0.4, 0.5) is 0 Å². The number of furan rings is 1. The fraction of sp³-hybridized carbons (Fsp3) is 0.556. The van der Waals surface area contributed by atoms with E-state index in [0.717, 1.165) is 5.76 Å². The van der Waals surface area contributed by atoms with Crippen LogP contribution in [0, 0.1) is 0 Å². The Labute approximate surface area is 71.2 Å². The van der Waals surface area contributed by atoms with Gasteiger partial charge >= 0.3 is 0 Å². The fourth-order valence-corrected chi connectivity index (χ4v) is 2.69. The zero-order valence-corrected chi connectivity index (χ0v) is 7.49. The molecule has 2 rings (SSSR count). The van der Waals surface area contributed by atoms with E-state index in [-0.39, 0.29) is 0 Å². The van der Waals surface area contributed by atoms with Crippen molar-refractivity contribution in [3.05, 3.63) is 24.2 Å². The largest absolute Gasteiger partial charge is 0.468 e. The third-order valence-corrected chi connectivity index (χ3v) is 4.08. The summed E-state index contributed by atoms with van der Waals surface area (Å²) in [7, 11) is 0. The number of rotatable bonds is 2. The molecule has 60 valence electrons. The van der Waals surface area contributed by atoms with Gasteiger partial charge < -0.3 is 4.42 Å². The van der Waals surface area contributed by atoms with Crippen LogP contribution in [0.25, 0.3) is 0 Å². The van der Waals surface area contributed by atoms with Crippen molar-refractivity contribution >= 4 is 11.8 Å². The molecule has 0 amide bonds. The van der Waals surface area contributed by atoms with Gasteiger partial charge in [0.1, 0.15) is 5.76 Å². The molecule has 1 aromatic rings. The molecule has 1 fully saturated rings. The van der Waals surface area contributed by atoms with Gasteiger partial charge in [0.15, 0.2) is 0 Å². The minimum Gasteiger partial charge on any atom is -0.468 e. The van der Waals surface area contributed by atoms with E-state index in [1.807, 2.05) is 17.8 Å². The van der Waals surface area contributed by atoms with Crippen molar-refractivity contribution in [1.82, 2.24) is 0 Å². The topological polar surface area (TPSA) is 13.1 Å². The van der Waals surface area contributed by atoms with Gasteiger partial charge in [0.2, 0.25) is 0 Å². The third kappa shape index (κ3) is 1.00. The van der Waals surface area contributed by atoms with Gasteiger partial charge in [-0.15, -0.1) is 11.8 Å². The van der Waals surface area contributed by atoms with Gasteiger partial charge in [0, 0.05) is 0 Å². The molecule has 0 radical (unpaired) electrons. The molecule has 1 atom stereocenters. The lowest BCUT2D eigenvalue weighted by atomic mass is 9.98. The first-order valence-corrected chi connectivity index (χ1v) is 5.04. The summed E-state index contributed by atoms with van der Waals surface area (Å²) in [5.41, 5.74) is 0. The highest BCUT2D eigenvalue weighted by Crippen LogP contribution is 2.51. The second-order valence-corrected chi connectivity index (χ2v) is 4.40. The summed E-state index contributed by atoms with van der Waals surface area (Å²) in [6.07, 6.45) is 4.23. The van der Waals surface area contributed by atoms with E-state index < -0.39 is 0 Å². The van der Waals surface area contributed by atoms with E-state index in [2.05, 4.69) is 13.0 Å². The van der Waals surface area contributed by atoms with Gasteiger partial charge in [0.05, 0.1) is 11.0 Å². The molecule has 0 N–H and O–H groups in total. The summed E-state index contributed by atoms with van der Waals surface area (Å²) in [6.45, 7) is 2.23. The van der Waals surface area contributed by atoms with Crippen LogP contribution in [-0.2, 0) is 4.75 Å². The van der Waals surface area contributed by atoms with E-state index in [9.17, 15) is 0 Å². The van der Waals surface area contributed by atoms with Crippen LogP contribution in [-0.4, -0.2) is 5.75 Å². The Morgan fingerprint density at radius 2 is 2.55 bits per heavy atom. The molecule has 0 aliphatic carbocycles. The van der Waals surface area contributed by atoms with E-state index in [0.29, 0.717) is 4.75 Å². The van der Waals surface area contributed by atoms with Crippen LogP contribution in [0.1, 0.15) is 25.5 Å². The lowest BCUT2D eigenvalue weighted by molar-refractivity contribution is 0.405. The lowest BCUT2D eigenvalue weighted by Crippen LogP contribution is -2.30. The predicted octanol–water partition coefficient (Wildman–Crippen LogP) is 3.02. The Morgan fingerprint density at radius 1 is 1.73 bits per heavy atom. The summed E-state index contributed by atoms with van der Waals surface area (Å²) < 4.78 is 5.75. The van der Waals surface area contributed by atoms with Crippen LogP contribution in [0.3, 0.4) is 0 Å². The van der Waals surface area contributed by atoms with Crippen molar-refractivity contribution in [2.45, 2.75) is 24.5 Å². The molecule has 1 nitrogen and oxygen atoms in total. The summed E-state index contributed by atoms with van der Waals surface area (Å²) in [5.74, 6) is 2.45. The monoisotopic (exact) mass is 168 g/mol. The molecule has 2 heterocycles. The second kappa shape index (κ2) is 2.59. The maximum absolute atomic E-state index is 5.41. The van der Waals surface area contributed by atoms with Crippen molar-refractivity contribution in [3.63, 3.8) is 0 Å². The van der Waals surface area contributed by atoms with Crippen molar-refractivity contribution in [2.24, 2.45) is 0 Å². The maximum atomic E-state index is 5.41. The van der Waals surface area contributed by atoms with Gasteiger partial charge in [-0.05, 0) is 30.7 Å². The first-order chi connectivity index (χ1) is 5.37. The van der Waals surface area contributed by atoms with Crippen LogP contribution in [0.15, 0.2) is 22.8 Å². The highest BCUT2D eigenvalue weighted by molar-refractivity contribution is 8.01. The summed E-state index contributed by atoms with van der Waals surface area (Å²) >= 11 is 2.02. The Kier molecular flexibility index (Phi) is 1.72. The molecule has 1 aromatic heterocycles. The van der Waals surface area contributed by atoms with E-state index in [4.69, 9.17) is 4.42 Å². The van der Waals surface area contributed by atoms with Gasteiger partial charge in [-0.1, -0.05) is 6.92 Å². The zero-order valence-electron chi connectivity index (χ0n) is 6.67. The van der Waals surface area contributed by atoms with Gasteiger partial charge in [-0.25, -0.2) is 0 Å². The van der Waals surface area contributed by atoms with Gasteiger partial charge in [0.25, 0.3) is 0 Å². The highest BCUT2D eigenvalue weighted by atomic mass is 32.2. The third-order valence-electron chi connectivity index (χ3n) is 2.43. The van der Waals surface area contributed by atoms with Crippen LogP contribution in [0.2, 0.25) is 0 Å². The lowest BCUT2D eigenvalue weighted by Gasteiger charge is -2.38. The molecule has 0 bridgehead atoms. The average Bonchev–Trinajstić information content (AvgIpc) is 2.39. The zero-order chi connectivity index (χ0) is 7.73. The Morgan fingerprint density at radius 3 is 2.91 bits per heavy atom. The Bertz CT molecular complexity index is 218. The van der Waals surface area contributed by atoms with Crippen molar-refractivity contribution in [2.75, 3.05) is 5.75 Å². The molecule has 0 saturated carbocycles. The molecule has 11 heavy (non-hydrogen) atoms. The number of hydrogen-bond donors (Lipinski definition) is 0. The number of hydrogen-bond acceptors (Lipinski definition) is 2. The van der Waals surface area contributed by atoms with E-state index in [1.54, 1.807) is 6.26 Å². The number of thioether (sulfide) groups is 1. The van der Waals surface area contributed by atoms with Crippen LogP contribution >= 0.6 is 11.8 Å². The van der Waals surface area contributed by atoms with Crippen LogP contribution in [0.5, 0.6) is 0 Å². The summed E-state index contributed by atoms with van der Waals surface area (Å²) in [6, 6.07) is 4.07. The molecule has 0 aromatic carbocycles. The Hall–Kier alpha value is -0.370. The van der Waals surface area contributed by atoms with Gasteiger partial charge in [-0.2, -0.15) is 0 Å². The normalized spacial score (nSPS) is 29.9. The first kappa shape index (κ1) is 7.29. The Balaban J connectivity index is 2.25. The molecule has 1 unspecified atom stereocenters. The van der Waals surface area contributed by atoms with Crippen LogP contribution < -0.4 is 0 Å². The van der Waals surface area contributed by atoms with Crippen molar-refractivity contribution in [3.8, 4) is 0 Å². The quantitative estimate of drug-likeness (QED) is 0.673. The van der Waals surface area contributed by atoms with Gasteiger partial charge in [-0.3, -0.25) is 0 Å². The fourth-order valence-electron chi connectivity index (χ4n) is 1.53. The average molecular weight is 168 g/mol. The first-order valence-electron chi connectivity index (χ1n) is 4.05. The summed E-state index contributed by atoms with van der Waals surface area (Å²) in [5, 5.41) is 0. The van der Waals surface area contributed by atoms with E-state index in [1.165, 1.54) is 18.6 Å². The SMILES string of the molecule is CCC1(c2ccco2)CCS1. The minimum absolute atomic E-state index is 0.337. The molecular formula is C9H12OS. The highest BCUT2D eigenvalue weighted by Gasteiger charge is 2.40. The molecular weight excluding hydrogens is 156 g/mol. The predicted molar refractivity (Wildman–Crippen MR) is 47.8 cm³/mol. The molecule has 1 saturated heterocycles. The van der Waals surface area contributed by atoms with E-state index >= 15 is 0 Å². The van der Waals surface area contributed by atoms with Crippen molar-refractivity contribution < 1.29 is 4.42 Å². The minimum atomic E-state index is 0.337. The maximum Gasteiger partial charge on any atom is 0.119 e. The second-order valence-electron chi connectivity index (χ2n) is 2.92. The molecule has 1 aliphatic rings.